The largest absolute Gasteiger partial charge is 0.353 e. The summed E-state index contributed by atoms with van der Waals surface area (Å²) in [5, 5.41) is 5.72. The highest BCUT2D eigenvalue weighted by atomic mass is 16.2. The van der Waals surface area contributed by atoms with Gasteiger partial charge in [-0.3, -0.25) is 14.4 Å². The molecule has 146 valence electrons. The number of hydrogen-bond acceptors (Lipinski definition) is 3. The van der Waals surface area contributed by atoms with E-state index in [0.29, 0.717) is 25.1 Å². The van der Waals surface area contributed by atoms with E-state index in [-0.39, 0.29) is 30.3 Å². The molecular weight excluding hydrogens is 354 g/mol. The zero-order valence-corrected chi connectivity index (χ0v) is 15.8. The maximum atomic E-state index is 12.3. The molecule has 3 amide bonds. The molecule has 0 aliphatic carbocycles. The minimum absolute atomic E-state index is 0.00565. The Hall–Kier alpha value is -3.15. The number of amides is 3. The highest BCUT2D eigenvalue weighted by Gasteiger charge is 2.24. The van der Waals surface area contributed by atoms with Crippen molar-refractivity contribution in [1.82, 2.24) is 15.5 Å². The number of nitrogens with zero attached hydrogens (tertiary/aromatic N) is 1. The molecule has 3 rings (SSSR count). The van der Waals surface area contributed by atoms with E-state index in [0.717, 1.165) is 18.4 Å². The maximum absolute atomic E-state index is 12.3. The summed E-state index contributed by atoms with van der Waals surface area (Å²) < 4.78 is 0. The second-order valence-corrected chi connectivity index (χ2v) is 6.93. The molecule has 0 bridgehead atoms. The van der Waals surface area contributed by atoms with E-state index in [9.17, 15) is 14.4 Å². The molecule has 1 aliphatic heterocycles. The Bertz CT molecular complexity index is 800. The quantitative estimate of drug-likeness (QED) is 0.803. The maximum Gasteiger partial charge on any atom is 0.251 e. The van der Waals surface area contributed by atoms with Crippen LogP contribution in [-0.2, 0) is 16.0 Å². The molecular formula is C22H25N3O3. The monoisotopic (exact) mass is 379 g/mol. The third-order valence-corrected chi connectivity index (χ3v) is 4.86. The van der Waals surface area contributed by atoms with Gasteiger partial charge in [0.05, 0.1) is 13.0 Å². The number of piperidine rings is 1. The normalized spacial score (nSPS) is 14.4. The van der Waals surface area contributed by atoms with Crippen LogP contribution >= 0.6 is 0 Å². The molecule has 2 N–H and O–H groups in total. The van der Waals surface area contributed by atoms with Crippen molar-refractivity contribution >= 4 is 17.7 Å². The Balaban J connectivity index is 1.38. The summed E-state index contributed by atoms with van der Waals surface area (Å²) in [5.74, 6) is -0.346. The summed E-state index contributed by atoms with van der Waals surface area (Å²) in [7, 11) is 0. The van der Waals surface area contributed by atoms with Crippen molar-refractivity contribution < 1.29 is 14.4 Å². The van der Waals surface area contributed by atoms with E-state index >= 15 is 0 Å². The summed E-state index contributed by atoms with van der Waals surface area (Å²) in [6.45, 7) is 1.14. The van der Waals surface area contributed by atoms with Gasteiger partial charge in [-0.2, -0.15) is 0 Å². The molecule has 0 radical (unpaired) electrons. The molecule has 28 heavy (non-hydrogen) atoms. The number of likely N-dealkylation sites (tertiary alicyclic amines) is 1. The molecule has 1 fully saturated rings. The predicted octanol–water partition coefficient (Wildman–Crippen LogP) is 1.77. The lowest BCUT2D eigenvalue weighted by Crippen LogP contribution is -2.49. The Labute approximate surface area is 164 Å². The number of rotatable bonds is 6. The van der Waals surface area contributed by atoms with Crippen LogP contribution in [0.3, 0.4) is 0 Å². The van der Waals surface area contributed by atoms with Gasteiger partial charge in [0.25, 0.3) is 5.91 Å². The number of nitrogens with one attached hydrogen (secondary N) is 2. The van der Waals surface area contributed by atoms with Crippen LogP contribution in [0, 0.1) is 0 Å². The highest BCUT2D eigenvalue weighted by Crippen LogP contribution is 2.11. The predicted molar refractivity (Wildman–Crippen MR) is 107 cm³/mol. The van der Waals surface area contributed by atoms with Gasteiger partial charge in [0.15, 0.2) is 0 Å². The van der Waals surface area contributed by atoms with Crippen molar-refractivity contribution in [2.45, 2.75) is 25.3 Å². The van der Waals surface area contributed by atoms with E-state index in [2.05, 4.69) is 10.6 Å². The van der Waals surface area contributed by atoms with Crippen molar-refractivity contribution in [1.29, 1.82) is 0 Å². The van der Waals surface area contributed by atoms with Gasteiger partial charge in [0.1, 0.15) is 0 Å². The summed E-state index contributed by atoms with van der Waals surface area (Å²) in [5.41, 5.74) is 1.52. The van der Waals surface area contributed by atoms with E-state index in [1.54, 1.807) is 29.2 Å². The Morgan fingerprint density at radius 1 is 0.893 bits per heavy atom. The van der Waals surface area contributed by atoms with E-state index in [1.807, 2.05) is 36.4 Å². The molecule has 0 saturated carbocycles. The van der Waals surface area contributed by atoms with Crippen molar-refractivity contribution in [3.05, 3.63) is 71.8 Å². The second-order valence-electron chi connectivity index (χ2n) is 6.93. The zero-order valence-electron chi connectivity index (χ0n) is 15.8. The van der Waals surface area contributed by atoms with Crippen LogP contribution in [0.1, 0.15) is 28.8 Å². The van der Waals surface area contributed by atoms with Gasteiger partial charge < -0.3 is 15.5 Å². The van der Waals surface area contributed by atoms with Gasteiger partial charge in [-0.1, -0.05) is 48.5 Å². The Morgan fingerprint density at radius 3 is 2.14 bits per heavy atom. The van der Waals surface area contributed by atoms with Crippen LogP contribution in [0.5, 0.6) is 0 Å². The smallest absolute Gasteiger partial charge is 0.251 e. The van der Waals surface area contributed by atoms with Gasteiger partial charge in [-0.25, -0.2) is 0 Å². The molecule has 2 aromatic carbocycles. The first-order chi connectivity index (χ1) is 13.6. The third kappa shape index (κ3) is 5.67. The van der Waals surface area contributed by atoms with Gasteiger partial charge in [0, 0.05) is 24.7 Å². The second kappa shape index (κ2) is 9.69. The molecule has 0 spiro atoms. The molecule has 1 heterocycles. The molecule has 2 aromatic rings. The fourth-order valence-electron chi connectivity index (χ4n) is 3.29. The highest BCUT2D eigenvalue weighted by molar-refractivity contribution is 5.96. The van der Waals surface area contributed by atoms with Crippen LogP contribution in [0.4, 0.5) is 0 Å². The minimum atomic E-state index is -0.253. The molecule has 6 nitrogen and oxygen atoms in total. The standard InChI is InChI=1S/C22H25N3O3/c26-20(15-17-7-3-1-4-8-17)24-19-11-13-25(14-12-19)21(27)16-23-22(28)18-9-5-2-6-10-18/h1-10,19H,11-16H2,(H,23,28)(H,24,26). The van der Waals surface area contributed by atoms with Gasteiger partial charge >= 0.3 is 0 Å². The molecule has 0 aromatic heterocycles. The van der Waals surface area contributed by atoms with Crippen LogP contribution in [-0.4, -0.2) is 48.3 Å². The van der Waals surface area contributed by atoms with Crippen molar-refractivity contribution in [3.8, 4) is 0 Å². The fraction of sp³-hybridized carbons (Fsp3) is 0.318. The van der Waals surface area contributed by atoms with Crippen LogP contribution in [0.15, 0.2) is 60.7 Å². The van der Waals surface area contributed by atoms with Crippen LogP contribution < -0.4 is 10.6 Å². The lowest BCUT2D eigenvalue weighted by Gasteiger charge is -2.32. The fourth-order valence-corrected chi connectivity index (χ4v) is 3.29. The first-order valence-corrected chi connectivity index (χ1v) is 9.56. The molecule has 0 atom stereocenters. The number of benzene rings is 2. The molecule has 0 unspecified atom stereocenters. The molecule has 6 heteroatoms. The number of carbonyl (C=O) groups is 3. The third-order valence-electron chi connectivity index (χ3n) is 4.86. The van der Waals surface area contributed by atoms with Crippen molar-refractivity contribution in [3.63, 3.8) is 0 Å². The van der Waals surface area contributed by atoms with Crippen LogP contribution in [0.2, 0.25) is 0 Å². The van der Waals surface area contributed by atoms with Gasteiger partial charge in [-0.05, 0) is 30.5 Å². The number of carbonyl (C=O) groups excluding carboxylic acids is 3. The molecule has 1 aliphatic rings. The van der Waals surface area contributed by atoms with E-state index in [1.165, 1.54) is 0 Å². The van der Waals surface area contributed by atoms with Gasteiger partial charge in [-0.15, -0.1) is 0 Å². The number of hydrogen-bond donors (Lipinski definition) is 2. The van der Waals surface area contributed by atoms with Crippen LogP contribution in [0.25, 0.3) is 0 Å². The lowest BCUT2D eigenvalue weighted by molar-refractivity contribution is -0.131. The van der Waals surface area contributed by atoms with Gasteiger partial charge in [0.2, 0.25) is 11.8 Å². The summed E-state index contributed by atoms with van der Waals surface area (Å²) in [4.78, 5) is 38.3. The Morgan fingerprint density at radius 2 is 1.50 bits per heavy atom. The van der Waals surface area contributed by atoms with Crippen molar-refractivity contribution in [2.75, 3.05) is 19.6 Å². The molecule has 1 saturated heterocycles. The van der Waals surface area contributed by atoms with Crippen molar-refractivity contribution in [2.24, 2.45) is 0 Å². The summed E-state index contributed by atoms with van der Waals surface area (Å²) in [6.07, 6.45) is 1.81. The average molecular weight is 379 g/mol. The van der Waals surface area contributed by atoms with E-state index in [4.69, 9.17) is 0 Å². The SMILES string of the molecule is O=C(Cc1ccccc1)NC1CCN(C(=O)CNC(=O)c2ccccc2)CC1. The average Bonchev–Trinajstić information content (AvgIpc) is 2.73. The Kier molecular flexibility index (Phi) is 6.78. The zero-order chi connectivity index (χ0) is 19.8. The summed E-state index contributed by atoms with van der Waals surface area (Å²) in [6, 6.07) is 18.6. The first kappa shape index (κ1) is 19.6. The first-order valence-electron chi connectivity index (χ1n) is 9.56. The summed E-state index contributed by atoms with van der Waals surface area (Å²) >= 11 is 0. The van der Waals surface area contributed by atoms with E-state index < -0.39 is 0 Å². The minimum Gasteiger partial charge on any atom is -0.353 e. The topological polar surface area (TPSA) is 78.5 Å². The lowest BCUT2D eigenvalue weighted by atomic mass is 10.0.